The molecule has 1 atom stereocenters. The maximum absolute atomic E-state index is 12.9. The standard InChI is InChI=1S/C21H23NO5/c1-4-11-22-18(14-7-9-15(10-8-14)27-13(2)3)17(20(24)21(22)25)19(23)16-6-5-12-26-16/h5-10,12-13,18,24H,4,11H2,1-3H3. The smallest absolute Gasteiger partial charge is 0.290 e. The lowest BCUT2D eigenvalue weighted by Gasteiger charge is -2.26. The molecule has 27 heavy (non-hydrogen) atoms. The van der Waals surface area contributed by atoms with Crippen LogP contribution in [0.1, 0.15) is 49.4 Å². The van der Waals surface area contributed by atoms with E-state index in [2.05, 4.69) is 0 Å². The molecule has 0 saturated heterocycles. The number of Topliss-reactive ketones (excluding diaryl/α,β-unsaturated/α-hetero) is 1. The molecule has 0 radical (unpaired) electrons. The Morgan fingerprint density at radius 2 is 1.96 bits per heavy atom. The van der Waals surface area contributed by atoms with Crippen LogP contribution in [0, 0.1) is 0 Å². The zero-order valence-electron chi connectivity index (χ0n) is 15.6. The van der Waals surface area contributed by atoms with Gasteiger partial charge in [0.25, 0.3) is 5.91 Å². The summed E-state index contributed by atoms with van der Waals surface area (Å²) in [5.74, 6) is -0.756. The first-order valence-electron chi connectivity index (χ1n) is 9.03. The number of nitrogens with zero attached hydrogens (tertiary/aromatic N) is 1. The molecule has 142 valence electrons. The van der Waals surface area contributed by atoms with Crippen molar-refractivity contribution in [3.8, 4) is 5.75 Å². The molecule has 1 aliphatic rings. The van der Waals surface area contributed by atoms with E-state index in [1.807, 2.05) is 32.9 Å². The second kappa shape index (κ2) is 7.70. The molecule has 1 N–H and O–H groups in total. The van der Waals surface area contributed by atoms with Crippen LogP contribution in [0.25, 0.3) is 0 Å². The summed E-state index contributed by atoms with van der Waals surface area (Å²) >= 11 is 0. The molecule has 0 spiro atoms. The van der Waals surface area contributed by atoms with E-state index >= 15 is 0 Å². The fourth-order valence-corrected chi connectivity index (χ4v) is 3.25. The summed E-state index contributed by atoms with van der Waals surface area (Å²) in [7, 11) is 0. The quantitative estimate of drug-likeness (QED) is 0.745. The Morgan fingerprint density at radius 3 is 2.52 bits per heavy atom. The SMILES string of the molecule is CCCN1C(=O)C(O)=C(C(=O)c2ccco2)C1c1ccc(OC(C)C)cc1. The molecule has 3 rings (SSSR count). The Morgan fingerprint density at radius 1 is 1.26 bits per heavy atom. The van der Waals surface area contributed by atoms with Crippen LogP contribution in [0.5, 0.6) is 5.75 Å². The first-order chi connectivity index (χ1) is 12.9. The second-order valence-corrected chi connectivity index (χ2v) is 6.71. The highest BCUT2D eigenvalue weighted by atomic mass is 16.5. The van der Waals surface area contributed by atoms with E-state index in [9.17, 15) is 14.7 Å². The fraction of sp³-hybridized carbons (Fsp3) is 0.333. The van der Waals surface area contributed by atoms with Crippen molar-refractivity contribution < 1.29 is 23.8 Å². The number of rotatable bonds is 7. The van der Waals surface area contributed by atoms with E-state index < -0.39 is 23.5 Å². The van der Waals surface area contributed by atoms with Crippen molar-refractivity contribution in [3.63, 3.8) is 0 Å². The number of hydrogen-bond acceptors (Lipinski definition) is 5. The zero-order chi connectivity index (χ0) is 19.6. The van der Waals surface area contributed by atoms with Crippen LogP contribution in [0.3, 0.4) is 0 Å². The summed E-state index contributed by atoms with van der Waals surface area (Å²) in [5.41, 5.74) is 0.771. The third kappa shape index (κ3) is 3.60. The molecule has 1 unspecified atom stereocenters. The summed E-state index contributed by atoms with van der Waals surface area (Å²) < 4.78 is 10.8. The maximum Gasteiger partial charge on any atom is 0.290 e. The molecule has 6 nitrogen and oxygen atoms in total. The van der Waals surface area contributed by atoms with E-state index in [-0.39, 0.29) is 17.4 Å². The van der Waals surface area contributed by atoms with Crippen molar-refractivity contribution in [2.24, 2.45) is 0 Å². The van der Waals surface area contributed by atoms with Crippen LogP contribution in [0.2, 0.25) is 0 Å². The van der Waals surface area contributed by atoms with Crippen LogP contribution >= 0.6 is 0 Å². The fourth-order valence-electron chi connectivity index (χ4n) is 3.25. The molecule has 0 saturated carbocycles. The van der Waals surface area contributed by atoms with E-state index in [0.29, 0.717) is 18.7 Å². The number of amides is 1. The summed E-state index contributed by atoms with van der Waals surface area (Å²) in [6, 6.07) is 9.68. The molecular formula is C21H23NO5. The van der Waals surface area contributed by atoms with Gasteiger partial charge in [0.15, 0.2) is 11.5 Å². The van der Waals surface area contributed by atoms with Crippen molar-refractivity contribution in [1.29, 1.82) is 0 Å². The van der Waals surface area contributed by atoms with Crippen molar-refractivity contribution in [2.45, 2.75) is 39.3 Å². The van der Waals surface area contributed by atoms with Gasteiger partial charge in [0.2, 0.25) is 5.78 Å². The molecule has 1 amide bonds. The number of aliphatic hydroxyl groups is 1. The number of ether oxygens (including phenoxy) is 1. The Kier molecular flexibility index (Phi) is 5.35. The normalized spacial score (nSPS) is 17.1. The molecule has 1 aliphatic heterocycles. The van der Waals surface area contributed by atoms with Gasteiger partial charge in [-0.15, -0.1) is 0 Å². The van der Waals surface area contributed by atoms with Crippen LogP contribution < -0.4 is 4.74 Å². The van der Waals surface area contributed by atoms with Gasteiger partial charge in [-0.25, -0.2) is 0 Å². The predicted octanol–water partition coefficient (Wildman–Crippen LogP) is 4.06. The Hall–Kier alpha value is -3.02. The number of carbonyl (C=O) groups excluding carboxylic acids is 2. The van der Waals surface area contributed by atoms with Gasteiger partial charge in [0.05, 0.1) is 24.0 Å². The van der Waals surface area contributed by atoms with Gasteiger partial charge in [0.1, 0.15) is 5.75 Å². The number of carbonyl (C=O) groups is 2. The van der Waals surface area contributed by atoms with Gasteiger partial charge in [-0.1, -0.05) is 19.1 Å². The lowest BCUT2D eigenvalue weighted by atomic mass is 9.95. The molecule has 2 heterocycles. The topological polar surface area (TPSA) is 80.0 Å². The average Bonchev–Trinajstić information content (AvgIpc) is 3.25. The van der Waals surface area contributed by atoms with Crippen LogP contribution in [0.15, 0.2) is 58.4 Å². The lowest BCUT2D eigenvalue weighted by Crippen LogP contribution is -2.31. The summed E-state index contributed by atoms with van der Waals surface area (Å²) in [6.45, 7) is 6.24. The number of benzene rings is 1. The van der Waals surface area contributed by atoms with Crippen molar-refractivity contribution >= 4 is 11.7 Å². The molecule has 2 aromatic rings. The number of furan rings is 1. The Balaban J connectivity index is 2.01. The summed E-state index contributed by atoms with van der Waals surface area (Å²) in [4.78, 5) is 27.0. The van der Waals surface area contributed by atoms with E-state index in [1.54, 1.807) is 18.2 Å². The minimum Gasteiger partial charge on any atom is -0.503 e. The van der Waals surface area contributed by atoms with Gasteiger partial charge in [-0.3, -0.25) is 9.59 Å². The summed E-state index contributed by atoms with van der Waals surface area (Å²) in [6.07, 6.45) is 2.13. The van der Waals surface area contributed by atoms with Crippen molar-refractivity contribution in [3.05, 3.63) is 65.3 Å². The first kappa shape index (κ1) is 18.8. The largest absolute Gasteiger partial charge is 0.503 e. The molecule has 6 heteroatoms. The van der Waals surface area contributed by atoms with E-state index in [4.69, 9.17) is 9.15 Å². The zero-order valence-corrected chi connectivity index (χ0v) is 15.6. The van der Waals surface area contributed by atoms with Gasteiger partial charge in [0, 0.05) is 6.54 Å². The minimum absolute atomic E-state index is 0.0422. The number of ketones is 1. The number of aliphatic hydroxyl groups excluding tert-OH is 1. The van der Waals surface area contributed by atoms with Gasteiger partial charge in [-0.05, 0) is 50.1 Å². The van der Waals surface area contributed by atoms with E-state index in [1.165, 1.54) is 17.2 Å². The minimum atomic E-state index is -0.664. The monoisotopic (exact) mass is 369 g/mol. The summed E-state index contributed by atoms with van der Waals surface area (Å²) in [5, 5.41) is 10.4. The second-order valence-electron chi connectivity index (χ2n) is 6.71. The highest BCUT2D eigenvalue weighted by Gasteiger charge is 2.43. The molecule has 1 aromatic heterocycles. The first-order valence-corrected chi connectivity index (χ1v) is 9.03. The molecular weight excluding hydrogens is 346 g/mol. The molecule has 0 fully saturated rings. The highest BCUT2D eigenvalue weighted by molar-refractivity contribution is 6.15. The van der Waals surface area contributed by atoms with Crippen LogP contribution in [-0.2, 0) is 4.79 Å². The van der Waals surface area contributed by atoms with Crippen LogP contribution in [-0.4, -0.2) is 34.3 Å². The van der Waals surface area contributed by atoms with E-state index in [0.717, 1.165) is 5.56 Å². The van der Waals surface area contributed by atoms with Crippen molar-refractivity contribution in [2.75, 3.05) is 6.54 Å². The van der Waals surface area contributed by atoms with Crippen LogP contribution in [0.4, 0.5) is 0 Å². The molecule has 1 aromatic carbocycles. The van der Waals surface area contributed by atoms with Gasteiger partial charge in [-0.2, -0.15) is 0 Å². The predicted molar refractivity (Wildman–Crippen MR) is 99.6 cm³/mol. The average molecular weight is 369 g/mol. The number of hydrogen-bond donors (Lipinski definition) is 1. The van der Waals surface area contributed by atoms with Crippen molar-refractivity contribution in [1.82, 2.24) is 4.90 Å². The Labute approximate surface area is 158 Å². The highest BCUT2D eigenvalue weighted by Crippen LogP contribution is 2.39. The third-order valence-electron chi connectivity index (χ3n) is 4.33. The molecule has 0 bridgehead atoms. The lowest BCUT2D eigenvalue weighted by molar-refractivity contribution is -0.129. The van der Waals surface area contributed by atoms with Gasteiger partial charge >= 0.3 is 0 Å². The van der Waals surface area contributed by atoms with Gasteiger partial charge < -0.3 is 19.2 Å². The molecule has 0 aliphatic carbocycles. The Bertz CT molecular complexity index is 849. The third-order valence-corrected chi connectivity index (χ3v) is 4.33. The maximum atomic E-state index is 12.9.